The summed E-state index contributed by atoms with van der Waals surface area (Å²) in [5.41, 5.74) is 0.917. The van der Waals surface area contributed by atoms with E-state index in [1.807, 2.05) is 24.3 Å². The number of methoxy groups -OCH3 is 1. The molecule has 0 aromatic heterocycles. The first-order chi connectivity index (χ1) is 9.20. The van der Waals surface area contributed by atoms with Crippen LogP contribution in [0.15, 0.2) is 24.3 Å². The molecule has 0 aliphatic carbocycles. The highest BCUT2D eigenvalue weighted by molar-refractivity contribution is 8.13. The monoisotopic (exact) mass is 280 g/mol. The first-order valence-electron chi connectivity index (χ1n) is 6.01. The molecule has 0 spiro atoms. The van der Waals surface area contributed by atoms with Crippen LogP contribution in [0.25, 0.3) is 0 Å². The molecule has 1 aromatic carbocycles. The third-order valence-corrected chi connectivity index (χ3v) is 3.74. The lowest BCUT2D eigenvalue weighted by atomic mass is 10.2. The van der Waals surface area contributed by atoms with Crippen molar-refractivity contribution in [1.29, 1.82) is 0 Å². The summed E-state index contributed by atoms with van der Waals surface area (Å²) >= 11 is 1.25. The number of amides is 2. The Morgan fingerprint density at radius 3 is 2.95 bits per heavy atom. The van der Waals surface area contributed by atoms with Crippen LogP contribution < -0.4 is 10.1 Å². The van der Waals surface area contributed by atoms with Gasteiger partial charge in [0, 0.05) is 24.4 Å². The van der Waals surface area contributed by atoms with E-state index < -0.39 is 0 Å². The molecule has 1 aromatic rings. The van der Waals surface area contributed by atoms with Crippen LogP contribution in [0.3, 0.4) is 0 Å². The molecule has 5 nitrogen and oxygen atoms in total. The number of thioether (sulfide) groups is 1. The number of benzene rings is 1. The summed E-state index contributed by atoms with van der Waals surface area (Å²) < 4.78 is 5.21. The van der Waals surface area contributed by atoms with Crippen LogP contribution >= 0.6 is 11.8 Å². The van der Waals surface area contributed by atoms with Crippen LogP contribution in [-0.2, 0) is 11.3 Å². The number of ether oxygens (including phenoxy) is 1. The Hall–Kier alpha value is -1.69. The highest BCUT2D eigenvalue weighted by Crippen LogP contribution is 2.18. The molecule has 0 unspecified atom stereocenters. The second kappa shape index (κ2) is 6.47. The molecule has 1 aliphatic heterocycles. The molecule has 102 valence electrons. The first kappa shape index (κ1) is 13.7. The number of hydrogen-bond donors (Lipinski definition) is 1. The fraction of sp³-hybridized carbons (Fsp3) is 0.385. The SMILES string of the molecule is COc1ccccc1CNC(=O)CN1CCSC1=O. The summed E-state index contributed by atoms with van der Waals surface area (Å²) in [5.74, 6) is 1.36. The van der Waals surface area contributed by atoms with Crippen molar-refractivity contribution >= 4 is 22.9 Å². The molecular weight excluding hydrogens is 264 g/mol. The zero-order valence-corrected chi connectivity index (χ0v) is 11.5. The van der Waals surface area contributed by atoms with Crippen molar-refractivity contribution in [2.24, 2.45) is 0 Å². The Morgan fingerprint density at radius 2 is 2.26 bits per heavy atom. The third kappa shape index (κ3) is 3.64. The van der Waals surface area contributed by atoms with Gasteiger partial charge in [-0.05, 0) is 6.07 Å². The Morgan fingerprint density at radius 1 is 1.47 bits per heavy atom. The molecule has 1 heterocycles. The van der Waals surface area contributed by atoms with Gasteiger partial charge in [0.1, 0.15) is 12.3 Å². The molecule has 0 radical (unpaired) electrons. The van der Waals surface area contributed by atoms with Gasteiger partial charge < -0.3 is 15.0 Å². The lowest BCUT2D eigenvalue weighted by Crippen LogP contribution is -2.37. The predicted octanol–water partition coefficient (Wildman–Crippen LogP) is 1.48. The molecule has 1 saturated heterocycles. The number of carbonyl (C=O) groups is 2. The Bertz CT molecular complexity index is 479. The minimum absolute atomic E-state index is 0.0209. The second-order valence-electron chi connectivity index (χ2n) is 4.12. The van der Waals surface area contributed by atoms with Gasteiger partial charge in [0.05, 0.1) is 7.11 Å². The molecule has 6 heteroatoms. The van der Waals surface area contributed by atoms with E-state index >= 15 is 0 Å². The van der Waals surface area contributed by atoms with E-state index in [1.54, 1.807) is 12.0 Å². The Balaban J connectivity index is 1.84. The maximum absolute atomic E-state index is 11.8. The number of rotatable bonds is 5. The zero-order valence-electron chi connectivity index (χ0n) is 10.7. The van der Waals surface area contributed by atoms with Gasteiger partial charge in [-0.2, -0.15) is 0 Å². The van der Waals surface area contributed by atoms with Crippen LogP contribution in [0.4, 0.5) is 4.79 Å². The van der Waals surface area contributed by atoms with Crippen molar-refractivity contribution in [2.45, 2.75) is 6.54 Å². The van der Waals surface area contributed by atoms with Crippen LogP contribution in [0.2, 0.25) is 0 Å². The summed E-state index contributed by atoms with van der Waals surface area (Å²) in [7, 11) is 1.60. The van der Waals surface area contributed by atoms with Crippen molar-refractivity contribution in [3.8, 4) is 5.75 Å². The molecule has 1 aliphatic rings. The van der Waals surface area contributed by atoms with Gasteiger partial charge in [0.2, 0.25) is 5.91 Å². The van der Waals surface area contributed by atoms with Crippen molar-refractivity contribution < 1.29 is 14.3 Å². The number of para-hydroxylation sites is 1. The molecule has 1 fully saturated rings. The molecular formula is C13H16N2O3S. The van der Waals surface area contributed by atoms with E-state index in [4.69, 9.17) is 4.74 Å². The quantitative estimate of drug-likeness (QED) is 0.887. The lowest BCUT2D eigenvalue weighted by molar-refractivity contribution is -0.121. The Kier molecular flexibility index (Phi) is 4.68. The van der Waals surface area contributed by atoms with Gasteiger partial charge >= 0.3 is 0 Å². The van der Waals surface area contributed by atoms with E-state index in [0.717, 1.165) is 17.1 Å². The maximum atomic E-state index is 11.8. The maximum Gasteiger partial charge on any atom is 0.282 e. The third-order valence-electron chi connectivity index (χ3n) is 2.85. The van der Waals surface area contributed by atoms with Gasteiger partial charge in [0.25, 0.3) is 5.24 Å². The van der Waals surface area contributed by atoms with Crippen molar-refractivity contribution in [3.63, 3.8) is 0 Å². The van der Waals surface area contributed by atoms with Crippen LogP contribution in [0.1, 0.15) is 5.56 Å². The summed E-state index contributed by atoms with van der Waals surface area (Å²) in [6, 6.07) is 7.52. The van der Waals surface area contributed by atoms with Crippen LogP contribution in [0.5, 0.6) is 5.75 Å². The molecule has 0 atom stereocenters. The van der Waals surface area contributed by atoms with E-state index in [-0.39, 0.29) is 17.7 Å². The molecule has 0 bridgehead atoms. The van der Waals surface area contributed by atoms with Crippen LogP contribution in [0, 0.1) is 0 Å². The standard InChI is InChI=1S/C13H16N2O3S/c1-18-11-5-3-2-4-10(11)8-14-12(16)9-15-6-7-19-13(15)17/h2-5H,6-9H2,1H3,(H,14,16). The number of carbonyl (C=O) groups excluding carboxylic acids is 2. The van der Waals surface area contributed by atoms with Crippen molar-refractivity contribution in [3.05, 3.63) is 29.8 Å². The fourth-order valence-corrected chi connectivity index (χ4v) is 2.67. The summed E-state index contributed by atoms with van der Waals surface area (Å²) in [6.45, 7) is 1.17. The molecule has 19 heavy (non-hydrogen) atoms. The highest BCUT2D eigenvalue weighted by Gasteiger charge is 2.23. The summed E-state index contributed by atoms with van der Waals surface area (Å²) in [5, 5.41) is 2.78. The minimum atomic E-state index is -0.151. The van der Waals surface area contributed by atoms with Gasteiger partial charge in [-0.15, -0.1) is 0 Å². The first-order valence-corrected chi connectivity index (χ1v) is 6.99. The number of nitrogens with zero attached hydrogens (tertiary/aromatic N) is 1. The van der Waals surface area contributed by atoms with E-state index in [0.29, 0.717) is 13.1 Å². The number of hydrogen-bond acceptors (Lipinski definition) is 4. The van der Waals surface area contributed by atoms with Crippen molar-refractivity contribution in [1.82, 2.24) is 10.2 Å². The average Bonchev–Trinajstić information content (AvgIpc) is 2.82. The molecule has 0 saturated carbocycles. The van der Waals surface area contributed by atoms with Crippen molar-refractivity contribution in [2.75, 3.05) is 26.0 Å². The van der Waals surface area contributed by atoms with E-state index in [9.17, 15) is 9.59 Å². The van der Waals surface area contributed by atoms with E-state index in [2.05, 4.69) is 5.32 Å². The van der Waals surface area contributed by atoms with Crippen LogP contribution in [-0.4, -0.2) is 42.0 Å². The van der Waals surface area contributed by atoms with Gasteiger partial charge in [0.15, 0.2) is 0 Å². The molecule has 2 rings (SSSR count). The van der Waals surface area contributed by atoms with Gasteiger partial charge in [-0.3, -0.25) is 9.59 Å². The molecule has 1 N–H and O–H groups in total. The normalized spacial score (nSPS) is 14.6. The highest BCUT2D eigenvalue weighted by atomic mass is 32.2. The largest absolute Gasteiger partial charge is 0.496 e. The second-order valence-corrected chi connectivity index (χ2v) is 5.17. The minimum Gasteiger partial charge on any atom is -0.496 e. The fourth-order valence-electron chi connectivity index (χ4n) is 1.84. The summed E-state index contributed by atoms with van der Waals surface area (Å²) in [6.07, 6.45) is 0. The average molecular weight is 280 g/mol. The number of nitrogens with one attached hydrogen (secondary N) is 1. The molecule has 2 amide bonds. The van der Waals surface area contributed by atoms with Gasteiger partial charge in [-0.1, -0.05) is 30.0 Å². The lowest BCUT2D eigenvalue weighted by Gasteiger charge is -2.14. The van der Waals surface area contributed by atoms with Gasteiger partial charge in [-0.25, -0.2) is 0 Å². The topological polar surface area (TPSA) is 58.6 Å². The summed E-state index contributed by atoms with van der Waals surface area (Å²) in [4.78, 5) is 24.7. The smallest absolute Gasteiger partial charge is 0.282 e. The predicted molar refractivity (Wildman–Crippen MR) is 74.3 cm³/mol. The van der Waals surface area contributed by atoms with E-state index in [1.165, 1.54) is 11.8 Å². The Labute approximate surface area is 116 Å². The zero-order chi connectivity index (χ0) is 13.7.